The molecule has 3 rings (SSSR count). The number of hydrogen-bond donors (Lipinski definition) is 3. The van der Waals surface area contributed by atoms with Gasteiger partial charge < -0.3 is 15.7 Å². The Balaban J connectivity index is 2.02. The van der Waals surface area contributed by atoms with Crippen molar-refractivity contribution >= 4 is 22.5 Å². The zero-order chi connectivity index (χ0) is 21.9. The second kappa shape index (κ2) is 8.75. The van der Waals surface area contributed by atoms with E-state index in [9.17, 15) is 14.3 Å². The first kappa shape index (κ1) is 21.6. The molecule has 158 valence electrons. The largest absolute Gasteiger partial charge is 0.390 e. The molecule has 0 bridgehead atoms. The van der Waals surface area contributed by atoms with Crippen LogP contribution in [0.4, 0.5) is 10.1 Å². The van der Waals surface area contributed by atoms with E-state index < -0.39 is 11.5 Å². The van der Waals surface area contributed by atoms with Gasteiger partial charge >= 0.3 is 0 Å². The number of pyridine rings is 2. The van der Waals surface area contributed by atoms with Crippen LogP contribution < -0.4 is 10.6 Å². The molecule has 0 aliphatic rings. The van der Waals surface area contributed by atoms with Crippen molar-refractivity contribution in [2.45, 2.75) is 45.8 Å². The van der Waals surface area contributed by atoms with Crippen LogP contribution in [0.2, 0.25) is 0 Å². The highest BCUT2D eigenvalue weighted by molar-refractivity contribution is 6.07. The molecule has 0 atom stereocenters. The van der Waals surface area contributed by atoms with Crippen molar-refractivity contribution in [1.82, 2.24) is 15.3 Å². The Kier molecular flexibility index (Phi) is 6.31. The van der Waals surface area contributed by atoms with E-state index in [0.717, 1.165) is 22.0 Å². The smallest absolute Gasteiger partial charge is 0.254 e. The summed E-state index contributed by atoms with van der Waals surface area (Å²) in [5.74, 6) is -0.793. The van der Waals surface area contributed by atoms with Crippen molar-refractivity contribution in [2.75, 3.05) is 11.9 Å². The fraction of sp³-hybridized carbons (Fsp3) is 0.348. The topological polar surface area (TPSA) is 87.1 Å². The molecule has 0 saturated carbocycles. The number of amides is 1. The fourth-order valence-corrected chi connectivity index (χ4v) is 3.11. The van der Waals surface area contributed by atoms with Gasteiger partial charge in [0.2, 0.25) is 5.95 Å². The van der Waals surface area contributed by atoms with Crippen molar-refractivity contribution in [1.29, 1.82) is 0 Å². The van der Waals surface area contributed by atoms with Gasteiger partial charge in [0.1, 0.15) is 0 Å². The van der Waals surface area contributed by atoms with Crippen LogP contribution in [0, 0.1) is 5.95 Å². The lowest BCUT2D eigenvalue weighted by atomic mass is 10.0. The van der Waals surface area contributed by atoms with Gasteiger partial charge in [-0.1, -0.05) is 6.07 Å². The Bertz CT molecular complexity index is 1040. The zero-order valence-electron chi connectivity index (χ0n) is 17.7. The summed E-state index contributed by atoms with van der Waals surface area (Å²) in [5.41, 5.74) is 2.63. The zero-order valence-corrected chi connectivity index (χ0v) is 17.7. The quantitative estimate of drug-likeness (QED) is 0.510. The number of aromatic nitrogens is 2. The summed E-state index contributed by atoms with van der Waals surface area (Å²) in [4.78, 5) is 21.0. The lowest BCUT2D eigenvalue weighted by Gasteiger charge is -2.19. The SMILES string of the molecule is CC(C)Nc1c(C(=O)NCCC(C)(C)O)cnc2ccc(-c3ccc(F)nc3)cc12. The maximum absolute atomic E-state index is 13.2. The minimum atomic E-state index is -0.855. The van der Waals surface area contributed by atoms with Gasteiger partial charge in [0.05, 0.1) is 22.4 Å². The molecule has 6 nitrogen and oxygen atoms in total. The molecule has 0 aliphatic carbocycles. The van der Waals surface area contributed by atoms with Gasteiger partial charge in [-0.3, -0.25) is 9.78 Å². The standard InChI is InChI=1S/C23H27FN4O2/c1-14(2)28-21-17-11-15(16-6-8-20(24)27-12-16)5-7-19(17)26-13-18(21)22(29)25-10-9-23(3,4)30/h5-8,11-14,30H,9-10H2,1-4H3,(H,25,29)(H,26,28). The number of hydrogen-bond acceptors (Lipinski definition) is 5. The minimum Gasteiger partial charge on any atom is -0.390 e. The van der Waals surface area contributed by atoms with E-state index in [4.69, 9.17) is 0 Å². The number of nitrogens with one attached hydrogen (secondary N) is 2. The van der Waals surface area contributed by atoms with E-state index >= 15 is 0 Å². The molecule has 7 heteroatoms. The maximum atomic E-state index is 13.2. The van der Waals surface area contributed by atoms with Crippen molar-refractivity contribution in [3.05, 3.63) is 54.2 Å². The van der Waals surface area contributed by atoms with Gasteiger partial charge in [0.25, 0.3) is 5.91 Å². The predicted molar refractivity (Wildman–Crippen MR) is 117 cm³/mol. The molecule has 2 aromatic heterocycles. The van der Waals surface area contributed by atoms with Crippen LogP contribution >= 0.6 is 0 Å². The summed E-state index contributed by atoms with van der Waals surface area (Å²) >= 11 is 0. The first-order valence-electron chi connectivity index (χ1n) is 9.96. The number of benzene rings is 1. The first-order valence-corrected chi connectivity index (χ1v) is 9.96. The summed E-state index contributed by atoms with van der Waals surface area (Å²) < 4.78 is 13.2. The van der Waals surface area contributed by atoms with E-state index in [1.165, 1.54) is 12.3 Å². The van der Waals surface area contributed by atoms with E-state index in [-0.39, 0.29) is 11.9 Å². The van der Waals surface area contributed by atoms with Gasteiger partial charge in [0.15, 0.2) is 0 Å². The molecule has 0 saturated heterocycles. The van der Waals surface area contributed by atoms with Crippen molar-refractivity contribution < 1.29 is 14.3 Å². The van der Waals surface area contributed by atoms with Crippen LogP contribution in [0.25, 0.3) is 22.0 Å². The molecule has 0 radical (unpaired) electrons. The Labute approximate surface area is 175 Å². The Hall–Kier alpha value is -3.06. The highest BCUT2D eigenvalue weighted by Crippen LogP contribution is 2.31. The van der Waals surface area contributed by atoms with Gasteiger partial charge in [0, 0.05) is 35.9 Å². The van der Waals surface area contributed by atoms with Crippen LogP contribution in [0.3, 0.4) is 0 Å². The second-order valence-electron chi connectivity index (χ2n) is 8.27. The molecule has 3 aromatic rings. The molecule has 2 heterocycles. The van der Waals surface area contributed by atoms with Crippen molar-refractivity contribution in [3.63, 3.8) is 0 Å². The molecule has 3 N–H and O–H groups in total. The Morgan fingerprint density at radius 1 is 1.13 bits per heavy atom. The Morgan fingerprint density at radius 3 is 2.50 bits per heavy atom. The van der Waals surface area contributed by atoms with Gasteiger partial charge in [-0.15, -0.1) is 0 Å². The first-order chi connectivity index (χ1) is 14.1. The van der Waals surface area contributed by atoms with Crippen LogP contribution in [-0.2, 0) is 0 Å². The fourth-order valence-electron chi connectivity index (χ4n) is 3.11. The average Bonchev–Trinajstić information content (AvgIpc) is 2.67. The Morgan fingerprint density at radius 2 is 1.87 bits per heavy atom. The molecule has 0 unspecified atom stereocenters. The summed E-state index contributed by atoms with van der Waals surface area (Å²) in [7, 11) is 0. The van der Waals surface area contributed by atoms with Crippen LogP contribution in [0.5, 0.6) is 0 Å². The van der Waals surface area contributed by atoms with Gasteiger partial charge in [-0.05, 0) is 63.9 Å². The number of aliphatic hydroxyl groups is 1. The van der Waals surface area contributed by atoms with E-state index in [1.807, 2.05) is 32.0 Å². The van der Waals surface area contributed by atoms with Crippen molar-refractivity contribution in [2.24, 2.45) is 0 Å². The molecular weight excluding hydrogens is 383 g/mol. The van der Waals surface area contributed by atoms with Crippen molar-refractivity contribution in [3.8, 4) is 11.1 Å². The molecule has 0 spiro atoms. The highest BCUT2D eigenvalue weighted by Gasteiger charge is 2.18. The second-order valence-corrected chi connectivity index (χ2v) is 8.27. The lowest BCUT2D eigenvalue weighted by Crippen LogP contribution is -2.31. The molecular formula is C23H27FN4O2. The number of fused-ring (bicyclic) bond motifs is 1. The number of anilines is 1. The van der Waals surface area contributed by atoms with E-state index in [1.54, 1.807) is 26.1 Å². The number of halogens is 1. The molecule has 1 aromatic carbocycles. The number of carbonyl (C=O) groups excluding carboxylic acids is 1. The van der Waals surface area contributed by atoms with Crippen LogP contribution in [0.15, 0.2) is 42.7 Å². The van der Waals surface area contributed by atoms with Crippen LogP contribution in [0.1, 0.15) is 44.5 Å². The molecule has 0 fully saturated rings. The number of carbonyl (C=O) groups is 1. The van der Waals surface area contributed by atoms with Crippen LogP contribution in [-0.4, -0.2) is 39.2 Å². The lowest BCUT2D eigenvalue weighted by molar-refractivity contribution is 0.0693. The maximum Gasteiger partial charge on any atom is 0.254 e. The third kappa shape index (κ3) is 5.30. The van der Waals surface area contributed by atoms with Gasteiger partial charge in [-0.25, -0.2) is 4.98 Å². The average molecular weight is 410 g/mol. The normalized spacial score (nSPS) is 11.7. The summed E-state index contributed by atoms with van der Waals surface area (Å²) in [5, 5.41) is 16.9. The minimum absolute atomic E-state index is 0.0923. The predicted octanol–water partition coefficient (Wildman–Crippen LogP) is 4.15. The third-order valence-corrected chi connectivity index (χ3v) is 4.63. The molecule has 1 amide bonds. The van der Waals surface area contributed by atoms with E-state index in [0.29, 0.717) is 24.2 Å². The van der Waals surface area contributed by atoms with Gasteiger partial charge in [-0.2, -0.15) is 4.39 Å². The monoisotopic (exact) mass is 410 g/mol. The summed E-state index contributed by atoms with van der Waals surface area (Å²) in [6.07, 6.45) is 3.48. The summed E-state index contributed by atoms with van der Waals surface area (Å²) in [6.45, 7) is 7.75. The molecule has 0 aliphatic heterocycles. The third-order valence-electron chi connectivity index (χ3n) is 4.63. The molecule has 30 heavy (non-hydrogen) atoms. The summed E-state index contributed by atoms with van der Waals surface area (Å²) in [6, 6.07) is 8.77. The number of nitrogens with zero attached hydrogens (tertiary/aromatic N) is 2. The number of rotatable bonds is 7. The highest BCUT2D eigenvalue weighted by atomic mass is 19.1. The van der Waals surface area contributed by atoms with E-state index in [2.05, 4.69) is 20.6 Å².